The van der Waals surface area contributed by atoms with Gasteiger partial charge in [-0.25, -0.2) is 9.97 Å². The fourth-order valence-corrected chi connectivity index (χ4v) is 2.43. The lowest BCUT2D eigenvalue weighted by atomic mass is 10.1. The van der Waals surface area contributed by atoms with Crippen molar-refractivity contribution >= 4 is 34.7 Å². The molecule has 0 aliphatic heterocycles. The van der Waals surface area contributed by atoms with Crippen molar-refractivity contribution < 1.29 is 4.79 Å². The molecule has 5 nitrogen and oxygen atoms in total. The lowest BCUT2D eigenvalue weighted by molar-refractivity contribution is 0.102. The van der Waals surface area contributed by atoms with Gasteiger partial charge in [0.25, 0.3) is 5.91 Å². The smallest absolute Gasteiger partial charge is 0.275 e. The number of hydrogen-bond acceptors (Lipinski definition) is 4. The Hall–Kier alpha value is -2.92. The van der Waals surface area contributed by atoms with Crippen molar-refractivity contribution in [3.8, 4) is 0 Å². The highest BCUT2D eigenvalue weighted by Gasteiger charge is 2.09. The van der Waals surface area contributed by atoms with Crippen molar-refractivity contribution in [2.75, 3.05) is 10.6 Å². The third-order valence-electron chi connectivity index (χ3n) is 3.75. The van der Waals surface area contributed by atoms with Gasteiger partial charge in [0, 0.05) is 16.4 Å². The lowest BCUT2D eigenvalue weighted by Gasteiger charge is -2.08. The monoisotopic (exact) mass is 352 g/mol. The third-order valence-corrected chi connectivity index (χ3v) is 3.98. The van der Waals surface area contributed by atoms with Crippen LogP contribution in [0.15, 0.2) is 54.9 Å². The number of rotatable bonds is 4. The zero-order chi connectivity index (χ0) is 17.8. The first kappa shape index (κ1) is 16.9. The molecule has 2 aromatic carbocycles. The predicted octanol–water partition coefficient (Wildman–Crippen LogP) is 4.74. The van der Waals surface area contributed by atoms with Crippen molar-refractivity contribution in [1.82, 2.24) is 9.97 Å². The first-order valence-corrected chi connectivity index (χ1v) is 8.12. The van der Waals surface area contributed by atoms with Gasteiger partial charge in [-0.3, -0.25) is 4.79 Å². The van der Waals surface area contributed by atoms with Crippen LogP contribution in [-0.4, -0.2) is 15.9 Å². The fraction of sp³-hybridized carbons (Fsp3) is 0.105. The summed E-state index contributed by atoms with van der Waals surface area (Å²) in [4.78, 5) is 20.6. The first-order valence-electron chi connectivity index (χ1n) is 7.74. The molecule has 0 bridgehead atoms. The molecular weight excluding hydrogens is 336 g/mol. The summed E-state index contributed by atoms with van der Waals surface area (Å²) in [5, 5.41) is 6.46. The number of hydrogen-bond donors (Lipinski definition) is 2. The Labute approximate surface area is 151 Å². The molecule has 0 aliphatic rings. The second-order valence-corrected chi connectivity index (χ2v) is 6.11. The van der Waals surface area contributed by atoms with Gasteiger partial charge in [-0.05, 0) is 55.3 Å². The van der Waals surface area contributed by atoms with Gasteiger partial charge >= 0.3 is 0 Å². The minimum Gasteiger partial charge on any atom is -0.339 e. The maximum atomic E-state index is 12.2. The van der Waals surface area contributed by atoms with E-state index in [1.54, 1.807) is 24.3 Å². The van der Waals surface area contributed by atoms with Crippen LogP contribution in [0, 0.1) is 13.8 Å². The number of carbonyl (C=O) groups excluding carboxylic acids is 1. The molecule has 0 saturated carbocycles. The summed E-state index contributed by atoms with van der Waals surface area (Å²) in [5.41, 5.74) is 4.18. The summed E-state index contributed by atoms with van der Waals surface area (Å²) in [6, 6.07) is 13.0. The van der Waals surface area contributed by atoms with E-state index in [4.69, 9.17) is 11.6 Å². The van der Waals surface area contributed by atoms with E-state index in [1.165, 1.54) is 23.5 Å². The van der Waals surface area contributed by atoms with Crippen LogP contribution >= 0.6 is 11.6 Å². The van der Waals surface area contributed by atoms with Crippen LogP contribution in [0.1, 0.15) is 21.6 Å². The van der Waals surface area contributed by atoms with E-state index in [-0.39, 0.29) is 11.6 Å². The van der Waals surface area contributed by atoms with Gasteiger partial charge in [0.05, 0.1) is 12.4 Å². The maximum Gasteiger partial charge on any atom is 0.275 e. The largest absolute Gasteiger partial charge is 0.339 e. The zero-order valence-corrected chi connectivity index (χ0v) is 14.6. The van der Waals surface area contributed by atoms with Gasteiger partial charge in [-0.2, -0.15) is 0 Å². The normalized spacial score (nSPS) is 10.4. The first-order chi connectivity index (χ1) is 12.0. The summed E-state index contributed by atoms with van der Waals surface area (Å²) in [7, 11) is 0. The van der Waals surface area contributed by atoms with E-state index in [0.717, 1.165) is 5.69 Å². The number of benzene rings is 2. The molecule has 25 heavy (non-hydrogen) atoms. The standard InChI is InChI=1S/C19H17ClN4O/c1-12-6-7-16(8-13(12)2)23-18-11-21-17(10-22-18)19(25)24-15-5-3-4-14(20)9-15/h3-11H,1-2H3,(H,22,23)(H,24,25). The highest BCUT2D eigenvalue weighted by molar-refractivity contribution is 6.30. The predicted molar refractivity (Wildman–Crippen MR) is 101 cm³/mol. The van der Waals surface area contributed by atoms with Crippen molar-refractivity contribution in [3.05, 3.63) is 76.7 Å². The molecule has 3 aromatic rings. The van der Waals surface area contributed by atoms with Gasteiger partial charge in [-0.1, -0.05) is 23.7 Å². The van der Waals surface area contributed by atoms with Gasteiger partial charge in [0.2, 0.25) is 0 Å². The number of nitrogens with zero attached hydrogens (tertiary/aromatic N) is 2. The number of amides is 1. The molecule has 6 heteroatoms. The lowest BCUT2D eigenvalue weighted by Crippen LogP contribution is -2.14. The Bertz CT molecular complexity index is 910. The van der Waals surface area contributed by atoms with Gasteiger partial charge in [0.15, 0.2) is 0 Å². The number of halogens is 1. The molecule has 0 aliphatic carbocycles. The van der Waals surface area contributed by atoms with Crippen LogP contribution in [0.25, 0.3) is 0 Å². The van der Waals surface area contributed by atoms with E-state index in [0.29, 0.717) is 16.5 Å². The van der Waals surface area contributed by atoms with Crippen molar-refractivity contribution in [2.24, 2.45) is 0 Å². The number of carbonyl (C=O) groups is 1. The van der Waals surface area contributed by atoms with Crippen molar-refractivity contribution in [3.63, 3.8) is 0 Å². The molecule has 0 radical (unpaired) electrons. The Morgan fingerprint density at radius 3 is 2.48 bits per heavy atom. The van der Waals surface area contributed by atoms with Crippen LogP contribution in [0.4, 0.5) is 17.2 Å². The molecular formula is C19H17ClN4O. The molecule has 2 N–H and O–H groups in total. The molecule has 0 saturated heterocycles. The topological polar surface area (TPSA) is 66.9 Å². The van der Waals surface area contributed by atoms with E-state index in [2.05, 4.69) is 34.4 Å². The number of aryl methyl sites for hydroxylation is 2. The van der Waals surface area contributed by atoms with Crippen LogP contribution in [0.3, 0.4) is 0 Å². The summed E-state index contributed by atoms with van der Waals surface area (Å²) < 4.78 is 0. The van der Waals surface area contributed by atoms with E-state index in [1.807, 2.05) is 18.2 Å². The highest BCUT2D eigenvalue weighted by Crippen LogP contribution is 2.18. The average Bonchev–Trinajstić information content (AvgIpc) is 2.59. The summed E-state index contributed by atoms with van der Waals surface area (Å²) in [5.74, 6) is 0.232. The van der Waals surface area contributed by atoms with Crippen LogP contribution in [-0.2, 0) is 0 Å². The second kappa shape index (κ2) is 7.32. The number of nitrogens with one attached hydrogen (secondary N) is 2. The summed E-state index contributed by atoms with van der Waals surface area (Å²) in [6.07, 6.45) is 2.96. The van der Waals surface area contributed by atoms with E-state index >= 15 is 0 Å². The molecule has 0 spiro atoms. The molecule has 0 fully saturated rings. The zero-order valence-electron chi connectivity index (χ0n) is 13.9. The average molecular weight is 353 g/mol. The molecule has 1 heterocycles. The van der Waals surface area contributed by atoms with Crippen molar-refractivity contribution in [1.29, 1.82) is 0 Å². The van der Waals surface area contributed by atoms with E-state index < -0.39 is 0 Å². The van der Waals surface area contributed by atoms with Crippen LogP contribution in [0.2, 0.25) is 5.02 Å². The highest BCUT2D eigenvalue weighted by atomic mass is 35.5. The minimum atomic E-state index is -0.340. The molecule has 0 unspecified atom stereocenters. The molecule has 1 aromatic heterocycles. The maximum absolute atomic E-state index is 12.2. The van der Waals surface area contributed by atoms with E-state index in [9.17, 15) is 4.79 Å². The van der Waals surface area contributed by atoms with Gasteiger partial charge < -0.3 is 10.6 Å². The Kier molecular flexibility index (Phi) is 4.95. The van der Waals surface area contributed by atoms with Gasteiger partial charge in [-0.15, -0.1) is 0 Å². The number of anilines is 3. The van der Waals surface area contributed by atoms with Crippen LogP contribution < -0.4 is 10.6 Å². The Morgan fingerprint density at radius 1 is 0.960 bits per heavy atom. The minimum absolute atomic E-state index is 0.227. The third kappa shape index (κ3) is 4.33. The SMILES string of the molecule is Cc1ccc(Nc2cnc(C(=O)Nc3cccc(Cl)c3)cn2)cc1C. The molecule has 126 valence electrons. The fourth-order valence-electron chi connectivity index (χ4n) is 2.24. The van der Waals surface area contributed by atoms with Crippen molar-refractivity contribution in [2.45, 2.75) is 13.8 Å². The van der Waals surface area contributed by atoms with Crippen LogP contribution in [0.5, 0.6) is 0 Å². The van der Waals surface area contributed by atoms with Gasteiger partial charge in [0.1, 0.15) is 11.5 Å². The Morgan fingerprint density at radius 2 is 1.80 bits per heavy atom. The summed E-state index contributed by atoms with van der Waals surface area (Å²) in [6.45, 7) is 4.11. The second-order valence-electron chi connectivity index (χ2n) is 5.68. The number of aromatic nitrogens is 2. The molecule has 1 amide bonds. The summed E-state index contributed by atoms with van der Waals surface area (Å²) >= 11 is 5.91. The Balaban J connectivity index is 1.69. The molecule has 3 rings (SSSR count). The molecule has 0 atom stereocenters. The quantitative estimate of drug-likeness (QED) is 0.711.